The highest BCUT2D eigenvalue weighted by molar-refractivity contribution is 5.94. The average Bonchev–Trinajstić information content (AvgIpc) is 2.59. The molecule has 8 nitrogen and oxygen atoms in total. The van der Waals surface area contributed by atoms with E-state index in [1.54, 1.807) is 23.7 Å². The Morgan fingerprint density at radius 3 is 2.26 bits per heavy atom. The van der Waals surface area contributed by atoms with E-state index in [0.717, 1.165) is 6.42 Å². The summed E-state index contributed by atoms with van der Waals surface area (Å²) in [4.78, 5) is 27.9. The molecule has 0 spiro atoms. The smallest absolute Gasteiger partial charge is 0.275 e. The number of methoxy groups -OCH3 is 2. The molecule has 0 bridgehead atoms. The second kappa shape index (κ2) is 10.4. The first kappa shape index (κ1) is 18.7. The van der Waals surface area contributed by atoms with Crippen molar-refractivity contribution in [2.24, 2.45) is 0 Å². The number of unbranched alkanes of at least 4 members (excludes halogenated alkanes) is 2. The van der Waals surface area contributed by atoms with E-state index in [-0.39, 0.29) is 6.42 Å². The summed E-state index contributed by atoms with van der Waals surface area (Å²) < 4.78 is 10.2. The van der Waals surface area contributed by atoms with Crippen LogP contribution in [0, 0.1) is 0 Å². The predicted molar refractivity (Wildman–Crippen MR) is 81.4 cm³/mol. The molecule has 2 amide bonds. The van der Waals surface area contributed by atoms with Crippen LogP contribution >= 0.6 is 0 Å². The van der Waals surface area contributed by atoms with Gasteiger partial charge < -0.3 is 9.47 Å². The number of nitrogens with one attached hydrogen (secondary N) is 2. The van der Waals surface area contributed by atoms with Gasteiger partial charge in [-0.2, -0.15) is 0 Å². The van der Waals surface area contributed by atoms with Crippen LogP contribution in [0.3, 0.4) is 0 Å². The third-order valence-electron chi connectivity index (χ3n) is 3.05. The van der Waals surface area contributed by atoms with Gasteiger partial charge in [0.1, 0.15) is 11.5 Å². The minimum absolute atomic E-state index is 0.256. The van der Waals surface area contributed by atoms with E-state index in [4.69, 9.17) is 19.5 Å². The number of rotatable bonds is 10. The number of carbonyl (C=O) groups is 2. The Hall–Kier alpha value is -2.32. The van der Waals surface area contributed by atoms with Gasteiger partial charge in [-0.1, -0.05) is 6.42 Å². The molecule has 0 saturated carbocycles. The summed E-state index contributed by atoms with van der Waals surface area (Å²) in [6.45, 7) is 0.327. The van der Waals surface area contributed by atoms with E-state index in [0.29, 0.717) is 36.5 Å². The van der Waals surface area contributed by atoms with Crippen molar-refractivity contribution in [1.82, 2.24) is 11.0 Å². The van der Waals surface area contributed by atoms with Gasteiger partial charge >= 0.3 is 0 Å². The van der Waals surface area contributed by atoms with Crippen molar-refractivity contribution < 1.29 is 29.1 Å². The summed E-state index contributed by atoms with van der Waals surface area (Å²) in [5, 5.41) is 8.33. The maximum Gasteiger partial charge on any atom is 0.275 e. The van der Waals surface area contributed by atoms with Crippen molar-refractivity contribution in [2.75, 3.05) is 20.8 Å². The molecule has 0 heterocycles. The minimum Gasteiger partial charge on any atom is -0.497 e. The quantitative estimate of drug-likeness (QED) is 0.341. The van der Waals surface area contributed by atoms with Crippen molar-refractivity contribution in [3.8, 4) is 11.5 Å². The molecule has 3 N–H and O–H groups in total. The number of hydrogen-bond acceptors (Lipinski definition) is 6. The molecule has 0 aliphatic rings. The van der Waals surface area contributed by atoms with E-state index in [9.17, 15) is 9.59 Å². The standard InChI is InChI=1S/C15H22N2O6/c1-21-12-8-11(9-13(10-12)22-2)15(19)17-23-7-5-3-4-6-14(18)16-20/h8-10,20H,3-7H2,1-2H3,(H,16,18)(H,17,19). The number of ether oxygens (including phenoxy) is 2. The van der Waals surface area contributed by atoms with Gasteiger partial charge in [0.2, 0.25) is 5.91 Å². The Balaban J connectivity index is 2.30. The zero-order chi connectivity index (χ0) is 17.1. The van der Waals surface area contributed by atoms with Gasteiger partial charge in [0.15, 0.2) is 0 Å². The molecule has 23 heavy (non-hydrogen) atoms. The molecule has 0 fully saturated rings. The minimum atomic E-state index is -0.411. The second-order valence-electron chi connectivity index (χ2n) is 4.73. The highest BCUT2D eigenvalue weighted by atomic mass is 16.6. The Bertz CT molecular complexity index is 498. The number of hydrogen-bond donors (Lipinski definition) is 3. The van der Waals surface area contributed by atoms with Crippen molar-refractivity contribution in [3.05, 3.63) is 23.8 Å². The summed E-state index contributed by atoms with van der Waals surface area (Å²) in [5.74, 6) is 0.210. The lowest BCUT2D eigenvalue weighted by Crippen LogP contribution is -2.24. The van der Waals surface area contributed by atoms with E-state index in [1.165, 1.54) is 14.2 Å². The Morgan fingerprint density at radius 1 is 1.04 bits per heavy atom. The van der Waals surface area contributed by atoms with Crippen LogP contribution in [0.25, 0.3) is 0 Å². The number of amides is 2. The lowest BCUT2D eigenvalue weighted by Gasteiger charge is -2.09. The number of benzene rings is 1. The van der Waals surface area contributed by atoms with Gasteiger partial charge in [0.25, 0.3) is 5.91 Å². The molecule has 1 rings (SSSR count). The van der Waals surface area contributed by atoms with Crippen LogP contribution in [-0.2, 0) is 9.63 Å². The topological polar surface area (TPSA) is 106 Å². The fourth-order valence-electron chi connectivity index (χ4n) is 1.81. The fourth-order valence-corrected chi connectivity index (χ4v) is 1.81. The molecule has 128 valence electrons. The Kier molecular flexibility index (Phi) is 8.48. The van der Waals surface area contributed by atoms with Crippen LogP contribution < -0.4 is 20.4 Å². The summed E-state index contributed by atoms with van der Waals surface area (Å²) in [6, 6.07) is 4.82. The monoisotopic (exact) mass is 326 g/mol. The van der Waals surface area contributed by atoms with Crippen LogP contribution in [-0.4, -0.2) is 37.8 Å². The summed E-state index contributed by atoms with van der Waals surface area (Å²) in [7, 11) is 3.01. The van der Waals surface area contributed by atoms with E-state index >= 15 is 0 Å². The lowest BCUT2D eigenvalue weighted by molar-refractivity contribution is -0.129. The molecular weight excluding hydrogens is 304 g/mol. The first-order valence-corrected chi connectivity index (χ1v) is 7.19. The zero-order valence-corrected chi connectivity index (χ0v) is 13.3. The Labute approximate surface area is 134 Å². The van der Waals surface area contributed by atoms with Gasteiger partial charge in [-0.05, 0) is 25.0 Å². The number of hydroxylamine groups is 2. The molecular formula is C15H22N2O6. The van der Waals surface area contributed by atoms with Gasteiger partial charge in [-0.15, -0.1) is 0 Å². The van der Waals surface area contributed by atoms with E-state index in [1.807, 2.05) is 0 Å². The maximum absolute atomic E-state index is 12.0. The van der Waals surface area contributed by atoms with Crippen molar-refractivity contribution in [1.29, 1.82) is 0 Å². The van der Waals surface area contributed by atoms with Crippen molar-refractivity contribution in [2.45, 2.75) is 25.7 Å². The molecule has 0 aliphatic carbocycles. The SMILES string of the molecule is COc1cc(OC)cc(C(=O)NOCCCCCC(=O)NO)c1. The fraction of sp³-hybridized carbons (Fsp3) is 0.467. The summed E-state index contributed by atoms with van der Waals surface area (Å²) in [6.07, 6.45) is 2.32. The predicted octanol–water partition coefficient (Wildman–Crippen LogP) is 1.43. The first-order valence-electron chi connectivity index (χ1n) is 7.19. The molecule has 1 aromatic carbocycles. The third kappa shape index (κ3) is 6.98. The molecule has 1 aromatic rings. The van der Waals surface area contributed by atoms with Crippen LogP contribution in [0.4, 0.5) is 0 Å². The van der Waals surface area contributed by atoms with Gasteiger partial charge in [0, 0.05) is 18.1 Å². The molecule has 0 unspecified atom stereocenters. The highest BCUT2D eigenvalue weighted by Gasteiger charge is 2.09. The first-order chi connectivity index (χ1) is 11.1. The number of carbonyl (C=O) groups excluding carboxylic acids is 2. The van der Waals surface area contributed by atoms with Crippen LogP contribution in [0.2, 0.25) is 0 Å². The summed E-state index contributed by atoms with van der Waals surface area (Å²) >= 11 is 0. The van der Waals surface area contributed by atoms with Crippen molar-refractivity contribution in [3.63, 3.8) is 0 Å². The van der Waals surface area contributed by atoms with Crippen molar-refractivity contribution >= 4 is 11.8 Å². The van der Waals surface area contributed by atoms with E-state index < -0.39 is 11.8 Å². The van der Waals surface area contributed by atoms with E-state index in [2.05, 4.69) is 5.48 Å². The molecule has 8 heteroatoms. The normalized spacial score (nSPS) is 10.0. The van der Waals surface area contributed by atoms with Crippen LogP contribution in [0.5, 0.6) is 11.5 Å². The third-order valence-corrected chi connectivity index (χ3v) is 3.05. The van der Waals surface area contributed by atoms with Gasteiger partial charge in [0.05, 0.1) is 20.8 Å². The molecule has 0 saturated heterocycles. The summed E-state index contributed by atoms with van der Waals surface area (Å²) in [5.41, 5.74) is 4.28. The average molecular weight is 326 g/mol. The molecule has 0 aliphatic heterocycles. The lowest BCUT2D eigenvalue weighted by atomic mass is 10.2. The zero-order valence-electron chi connectivity index (χ0n) is 13.3. The maximum atomic E-state index is 12.0. The second-order valence-corrected chi connectivity index (χ2v) is 4.73. The van der Waals surface area contributed by atoms with Crippen LogP contribution in [0.15, 0.2) is 18.2 Å². The molecule has 0 aromatic heterocycles. The molecule has 0 atom stereocenters. The Morgan fingerprint density at radius 2 is 1.70 bits per heavy atom. The van der Waals surface area contributed by atoms with Gasteiger partial charge in [-0.25, -0.2) is 11.0 Å². The van der Waals surface area contributed by atoms with Gasteiger partial charge in [-0.3, -0.25) is 19.6 Å². The highest BCUT2D eigenvalue weighted by Crippen LogP contribution is 2.22. The largest absolute Gasteiger partial charge is 0.497 e. The molecule has 0 radical (unpaired) electrons. The van der Waals surface area contributed by atoms with Crippen LogP contribution in [0.1, 0.15) is 36.0 Å².